The van der Waals surface area contributed by atoms with Gasteiger partial charge in [0.1, 0.15) is 12.1 Å². The highest BCUT2D eigenvalue weighted by Crippen LogP contribution is 2.16. The van der Waals surface area contributed by atoms with E-state index in [-0.39, 0.29) is 12.5 Å². The first-order valence-corrected chi connectivity index (χ1v) is 6.09. The molecule has 0 spiro atoms. The van der Waals surface area contributed by atoms with Crippen LogP contribution in [0.1, 0.15) is 11.6 Å². The summed E-state index contributed by atoms with van der Waals surface area (Å²) in [5, 5.41) is 0. The minimum absolute atomic E-state index is 0.128. The largest absolute Gasteiger partial charge is 0.377 e. The molecule has 0 bridgehead atoms. The van der Waals surface area contributed by atoms with Gasteiger partial charge in [-0.25, -0.2) is 0 Å². The summed E-state index contributed by atoms with van der Waals surface area (Å²) >= 11 is 0. The van der Waals surface area contributed by atoms with E-state index in [1.165, 1.54) is 4.90 Å². The molecule has 4 N–H and O–H groups in total. The molecule has 0 aromatic heterocycles. The van der Waals surface area contributed by atoms with Crippen LogP contribution in [0, 0.1) is 0 Å². The zero-order valence-corrected chi connectivity index (χ0v) is 10.5. The average Bonchev–Trinajstić information content (AvgIpc) is 2.46. The van der Waals surface area contributed by atoms with Crippen molar-refractivity contribution in [2.45, 2.75) is 12.1 Å². The van der Waals surface area contributed by atoms with E-state index < -0.39 is 18.0 Å². The lowest BCUT2D eigenvalue weighted by Crippen LogP contribution is -2.56. The lowest BCUT2D eigenvalue weighted by Gasteiger charge is -2.35. The molecule has 0 radical (unpaired) electrons. The minimum Gasteiger partial charge on any atom is -0.377 e. The molecule has 1 aliphatic rings. The van der Waals surface area contributed by atoms with E-state index in [1.807, 2.05) is 18.2 Å². The summed E-state index contributed by atoms with van der Waals surface area (Å²) in [6, 6.07) is 7.50. The number of carbonyl (C=O) groups is 2. The van der Waals surface area contributed by atoms with Crippen molar-refractivity contribution in [2.75, 3.05) is 19.8 Å². The fraction of sp³-hybridized carbons (Fsp3) is 0.385. The van der Waals surface area contributed by atoms with Gasteiger partial charge in [0.05, 0.1) is 13.2 Å². The van der Waals surface area contributed by atoms with Crippen molar-refractivity contribution < 1.29 is 14.3 Å². The lowest BCUT2D eigenvalue weighted by atomic mass is 10.1. The Morgan fingerprint density at radius 1 is 1.32 bits per heavy atom. The van der Waals surface area contributed by atoms with Crippen LogP contribution in [0.25, 0.3) is 0 Å². The van der Waals surface area contributed by atoms with E-state index in [0.29, 0.717) is 18.7 Å². The second-order valence-electron chi connectivity index (χ2n) is 4.41. The van der Waals surface area contributed by atoms with E-state index in [1.54, 1.807) is 12.1 Å². The number of rotatable bonds is 3. The van der Waals surface area contributed by atoms with E-state index in [0.717, 1.165) is 0 Å². The molecule has 19 heavy (non-hydrogen) atoms. The summed E-state index contributed by atoms with van der Waals surface area (Å²) in [5.74, 6) is -0.883. The average molecular weight is 263 g/mol. The van der Waals surface area contributed by atoms with Crippen LogP contribution in [0.5, 0.6) is 0 Å². The Morgan fingerprint density at radius 2 is 2.00 bits per heavy atom. The Bertz CT molecular complexity index is 463. The van der Waals surface area contributed by atoms with Crippen molar-refractivity contribution in [3.63, 3.8) is 0 Å². The van der Waals surface area contributed by atoms with Crippen LogP contribution in [0.2, 0.25) is 0 Å². The van der Waals surface area contributed by atoms with Gasteiger partial charge in [-0.3, -0.25) is 9.59 Å². The molecule has 1 unspecified atom stereocenters. The molecule has 1 saturated heterocycles. The molecule has 0 aliphatic carbocycles. The molecular weight excluding hydrogens is 246 g/mol. The smallest absolute Gasteiger partial charge is 0.244 e. The van der Waals surface area contributed by atoms with Gasteiger partial charge in [0.25, 0.3) is 0 Å². The number of hydrogen-bond acceptors (Lipinski definition) is 4. The summed E-state index contributed by atoms with van der Waals surface area (Å²) < 4.78 is 5.17. The zero-order valence-electron chi connectivity index (χ0n) is 10.5. The molecule has 2 atom stereocenters. The molecular formula is C13H17N3O3. The first kappa shape index (κ1) is 13.5. The van der Waals surface area contributed by atoms with Crippen LogP contribution in [-0.2, 0) is 14.3 Å². The molecule has 102 valence electrons. The summed E-state index contributed by atoms with van der Waals surface area (Å²) in [7, 11) is 0. The first-order valence-electron chi connectivity index (χ1n) is 6.09. The van der Waals surface area contributed by atoms with Gasteiger partial charge in [0.15, 0.2) is 0 Å². The summed E-state index contributed by atoms with van der Waals surface area (Å²) in [5.41, 5.74) is 11.9. The molecule has 2 amide bonds. The van der Waals surface area contributed by atoms with Gasteiger partial charge in [0, 0.05) is 6.54 Å². The molecule has 1 fully saturated rings. The highest BCUT2D eigenvalue weighted by Gasteiger charge is 2.34. The first-order chi connectivity index (χ1) is 9.11. The van der Waals surface area contributed by atoms with Crippen molar-refractivity contribution in [3.8, 4) is 0 Å². The standard InChI is InChI=1S/C13H17N3O3/c14-11(9-4-2-1-3-5-9)13(18)16-6-7-19-8-10(16)12(15)17/h1-5,10-11H,6-8,14H2,(H2,15,17)/t10?,11-/m0/s1. The third-order valence-electron chi connectivity index (χ3n) is 3.16. The Labute approximate surface area is 111 Å². The Kier molecular flexibility index (Phi) is 4.13. The fourth-order valence-electron chi connectivity index (χ4n) is 2.08. The number of nitrogens with zero attached hydrogens (tertiary/aromatic N) is 1. The van der Waals surface area contributed by atoms with Gasteiger partial charge in [-0.1, -0.05) is 30.3 Å². The van der Waals surface area contributed by atoms with Crippen molar-refractivity contribution in [1.29, 1.82) is 0 Å². The van der Waals surface area contributed by atoms with Crippen LogP contribution in [0.3, 0.4) is 0 Å². The van der Waals surface area contributed by atoms with Crippen molar-refractivity contribution in [1.82, 2.24) is 4.90 Å². The maximum atomic E-state index is 12.4. The monoisotopic (exact) mass is 263 g/mol. The van der Waals surface area contributed by atoms with Gasteiger partial charge in [0.2, 0.25) is 11.8 Å². The van der Waals surface area contributed by atoms with Crippen molar-refractivity contribution in [2.24, 2.45) is 11.5 Å². The van der Waals surface area contributed by atoms with Gasteiger partial charge in [-0.15, -0.1) is 0 Å². The van der Waals surface area contributed by atoms with Gasteiger partial charge < -0.3 is 21.1 Å². The summed E-state index contributed by atoms with van der Waals surface area (Å²) in [4.78, 5) is 25.1. The Morgan fingerprint density at radius 3 is 2.63 bits per heavy atom. The predicted molar refractivity (Wildman–Crippen MR) is 68.9 cm³/mol. The van der Waals surface area contributed by atoms with E-state index in [4.69, 9.17) is 16.2 Å². The number of carbonyl (C=O) groups excluding carboxylic acids is 2. The van der Waals surface area contributed by atoms with Crippen LogP contribution in [0.4, 0.5) is 0 Å². The number of benzene rings is 1. The Balaban J connectivity index is 2.15. The van der Waals surface area contributed by atoms with Gasteiger partial charge in [-0.05, 0) is 5.56 Å². The number of amides is 2. The maximum absolute atomic E-state index is 12.4. The second kappa shape index (κ2) is 5.81. The number of hydrogen-bond donors (Lipinski definition) is 2. The zero-order chi connectivity index (χ0) is 13.8. The Hall–Kier alpha value is -1.92. The van der Waals surface area contributed by atoms with Crippen LogP contribution < -0.4 is 11.5 Å². The van der Waals surface area contributed by atoms with Crippen LogP contribution in [-0.4, -0.2) is 42.5 Å². The molecule has 0 saturated carbocycles. The molecule has 2 rings (SSSR count). The quantitative estimate of drug-likeness (QED) is 0.760. The van der Waals surface area contributed by atoms with E-state index in [2.05, 4.69) is 0 Å². The van der Waals surface area contributed by atoms with Crippen LogP contribution >= 0.6 is 0 Å². The fourth-order valence-corrected chi connectivity index (χ4v) is 2.08. The van der Waals surface area contributed by atoms with Crippen LogP contribution in [0.15, 0.2) is 30.3 Å². The third kappa shape index (κ3) is 2.91. The number of ether oxygens (including phenoxy) is 1. The molecule has 1 aliphatic heterocycles. The lowest BCUT2D eigenvalue weighted by molar-refractivity contribution is -0.148. The summed E-state index contributed by atoms with van der Waals surface area (Å²) in [6.07, 6.45) is 0. The topological polar surface area (TPSA) is 98.7 Å². The predicted octanol–water partition coefficient (Wildman–Crippen LogP) is -0.601. The highest BCUT2D eigenvalue weighted by molar-refractivity contribution is 5.89. The highest BCUT2D eigenvalue weighted by atomic mass is 16.5. The number of nitrogens with two attached hydrogens (primary N) is 2. The SMILES string of the molecule is NC(=O)C1COCCN1C(=O)[C@@H](N)c1ccccc1. The van der Waals surface area contributed by atoms with Gasteiger partial charge >= 0.3 is 0 Å². The van der Waals surface area contributed by atoms with Gasteiger partial charge in [-0.2, -0.15) is 0 Å². The van der Waals surface area contributed by atoms with E-state index in [9.17, 15) is 9.59 Å². The molecule has 6 heteroatoms. The normalized spacial score (nSPS) is 20.9. The number of primary amides is 1. The van der Waals surface area contributed by atoms with Crippen molar-refractivity contribution >= 4 is 11.8 Å². The molecule has 1 heterocycles. The molecule has 6 nitrogen and oxygen atoms in total. The second-order valence-corrected chi connectivity index (χ2v) is 4.41. The molecule has 1 aromatic rings. The van der Waals surface area contributed by atoms with E-state index >= 15 is 0 Å². The molecule has 1 aromatic carbocycles. The maximum Gasteiger partial charge on any atom is 0.244 e. The summed E-state index contributed by atoms with van der Waals surface area (Å²) in [6.45, 7) is 0.840. The third-order valence-corrected chi connectivity index (χ3v) is 3.16. The minimum atomic E-state index is -0.791. The van der Waals surface area contributed by atoms with Crippen molar-refractivity contribution in [3.05, 3.63) is 35.9 Å². The number of morpholine rings is 1.